The summed E-state index contributed by atoms with van der Waals surface area (Å²) >= 11 is 0. The maximum absolute atomic E-state index is 11.9. The van der Waals surface area contributed by atoms with Gasteiger partial charge in [-0.1, -0.05) is 5.11 Å². The highest BCUT2D eigenvalue weighted by Gasteiger charge is 2.38. The monoisotopic (exact) mass is 270 g/mol. The molecule has 19 heavy (non-hydrogen) atoms. The van der Waals surface area contributed by atoms with Gasteiger partial charge in [0.1, 0.15) is 11.7 Å². The second kappa shape index (κ2) is 5.79. The minimum Gasteiger partial charge on any atom is -0.460 e. The molecule has 1 aliphatic rings. The van der Waals surface area contributed by atoms with Crippen LogP contribution in [0.5, 0.6) is 0 Å². The Labute approximate surface area is 111 Å². The third kappa shape index (κ3) is 4.67. The Bertz CT molecular complexity index is 411. The normalized spacial score (nSPS) is 22.6. The second-order valence-corrected chi connectivity index (χ2v) is 5.31. The van der Waals surface area contributed by atoms with Crippen LogP contribution in [0.4, 0.5) is 4.79 Å². The van der Waals surface area contributed by atoms with E-state index in [9.17, 15) is 9.59 Å². The van der Waals surface area contributed by atoms with E-state index in [-0.39, 0.29) is 13.1 Å². The van der Waals surface area contributed by atoms with Crippen molar-refractivity contribution >= 4 is 12.1 Å². The lowest BCUT2D eigenvalue weighted by Crippen LogP contribution is -2.36. The molecular formula is C11H18N4O4. The molecule has 0 spiro atoms. The van der Waals surface area contributed by atoms with Crippen molar-refractivity contribution in [3.63, 3.8) is 0 Å². The highest BCUT2D eigenvalue weighted by atomic mass is 16.6. The summed E-state index contributed by atoms with van der Waals surface area (Å²) in [5.74, 6) is -0.478. The van der Waals surface area contributed by atoms with Crippen molar-refractivity contribution in [3.05, 3.63) is 10.4 Å². The summed E-state index contributed by atoms with van der Waals surface area (Å²) in [7, 11) is 0. The van der Waals surface area contributed by atoms with E-state index < -0.39 is 29.8 Å². The summed E-state index contributed by atoms with van der Waals surface area (Å²) in [4.78, 5) is 26.9. The van der Waals surface area contributed by atoms with E-state index in [1.54, 1.807) is 20.8 Å². The van der Waals surface area contributed by atoms with Gasteiger partial charge < -0.3 is 14.4 Å². The molecule has 0 aromatic rings. The van der Waals surface area contributed by atoms with E-state index in [1.807, 2.05) is 0 Å². The van der Waals surface area contributed by atoms with Crippen LogP contribution in [0.1, 0.15) is 27.7 Å². The fourth-order valence-corrected chi connectivity index (χ4v) is 1.74. The van der Waals surface area contributed by atoms with Gasteiger partial charge in [0.05, 0.1) is 12.6 Å². The molecular weight excluding hydrogens is 252 g/mol. The molecule has 0 unspecified atom stereocenters. The van der Waals surface area contributed by atoms with Gasteiger partial charge in [0.2, 0.25) is 0 Å². The molecule has 1 aliphatic heterocycles. The van der Waals surface area contributed by atoms with Gasteiger partial charge in [0, 0.05) is 18.4 Å². The molecule has 1 rings (SSSR count). The van der Waals surface area contributed by atoms with E-state index in [0.29, 0.717) is 0 Å². The van der Waals surface area contributed by atoms with Crippen LogP contribution in [0.15, 0.2) is 5.11 Å². The topological polar surface area (TPSA) is 105 Å². The van der Waals surface area contributed by atoms with Gasteiger partial charge in [0.15, 0.2) is 0 Å². The fraction of sp³-hybridized carbons (Fsp3) is 0.818. The lowest BCUT2D eigenvalue weighted by atomic mass is 10.2. The number of amides is 1. The Morgan fingerprint density at radius 3 is 2.47 bits per heavy atom. The maximum atomic E-state index is 11.9. The summed E-state index contributed by atoms with van der Waals surface area (Å²) in [6, 6.07) is -0.582. The van der Waals surface area contributed by atoms with E-state index in [4.69, 9.17) is 15.0 Å². The van der Waals surface area contributed by atoms with Gasteiger partial charge >= 0.3 is 12.1 Å². The van der Waals surface area contributed by atoms with Gasteiger partial charge in [-0.05, 0) is 26.3 Å². The Balaban J connectivity index is 2.71. The Hall–Kier alpha value is -1.95. The number of carbonyl (C=O) groups is 2. The second-order valence-electron chi connectivity index (χ2n) is 5.31. The first kappa shape index (κ1) is 15.1. The number of hydrogen-bond donors (Lipinski definition) is 0. The first-order chi connectivity index (χ1) is 8.73. The number of ether oxygens (including phenoxy) is 2. The van der Waals surface area contributed by atoms with E-state index in [1.165, 1.54) is 11.8 Å². The minimum atomic E-state index is -0.624. The van der Waals surface area contributed by atoms with Gasteiger partial charge in [-0.2, -0.15) is 0 Å². The summed E-state index contributed by atoms with van der Waals surface area (Å²) < 4.78 is 10.2. The van der Waals surface area contributed by atoms with Crippen LogP contribution in [0.3, 0.4) is 0 Å². The number of rotatable bonds is 2. The Morgan fingerprint density at radius 2 is 2.00 bits per heavy atom. The highest BCUT2D eigenvalue weighted by molar-refractivity contribution is 5.69. The average molecular weight is 270 g/mol. The first-order valence-electron chi connectivity index (χ1n) is 5.92. The van der Waals surface area contributed by atoms with Crippen molar-refractivity contribution in [2.75, 3.05) is 13.1 Å². The number of nitrogens with zero attached hydrogens (tertiary/aromatic N) is 4. The van der Waals surface area contributed by atoms with Crippen molar-refractivity contribution in [3.8, 4) is 0 Å². The van der Waals surface area contributed by atoms with E-state index in [2.05, 4.69) is 10.0 Å². The lowest BCUT2D eigenvalue weighted by molar-refractivity contribution is -0.146. The quantitative estimate of drug-likeness (QED) is 0.330. The molecule has 0 bridgehead atoms. The summed E-state index contributed by atoms with van der Waals surface area (Å²) in [5.41, 5.74) is 7.87. The van der Waals surface area contributed by atoms with Crippen LogP contribution in [-0.2, 0) is 14.3 Å². The third-order valence-corrected chi connectivity index (χ3v) is 2.41. The molecule has 0 aromatic heterocycles. The zero-order valence-electron chi connectivity index (χ0n) is 11.5. The van der Waals surface area contributed by atoms with Gasteiger partial charge in [-0.3, -0.25) is 4.79 Å². The van der Waals surface area contributed by atoms with Crippen LogP contribution in [0, 0.1) is 0 Å². The van der Waals surface area contributed by atoms with E-state index >= 15 is 0 Å². The third-order valence-electron chi connectivity index (χ3n) is 2.41. The molecule has 1 amide bonds. The number of likely N-dealkylation sites (tertiary alicyclic amines) is 1. The Kier molecular flexibility index (Phi) is 4.61. The average Bonchev–Trinajstić information content (AvgIpc) is 2.59. The van der Waals surface area contributed by atoms with Crippen LogP contribution >= 0.6 is 0 Å². The predicted octanol–water partition coefficient (Wildman–Crippen LogP) is 1.85. The molecule has 0 saturated carbocycles. The van der Waals surface area contributed by atoms with Crippen LogP contribution in [-0.4, -0.2) is 47.8 Å². The molecule has 0 aliphatic carbocycles. The minimum absolute atomic E-state index is 0.165. The zero-order chi connectivity index (χ0) is 14.6. The van der Waals surface area contributed by atoms with Crippen LogP contribution in [0.25, 0.3) is 10.4 Å². The van der Waals surface area contributed by atoms with E-state index in [0.717, 1.165) is 0 Å². The molecule has 8 nitrogen and oxygen atoms in total. The summed E-state index contributed by atoms with van der Waals surface area (Å²) in [6.07, 6.45) is -1.14. The lowest BCUT2D eigenvalue weighted by Gasteiger charge is -2.24. The standard InChI is InChI=1S/C11H18N4O4/c1-7(16)18-9-6-15(5-8(9)13-14-12)10(17)19-11(2,3)4/h8-9H,5-6H2,1-4H3/t8-,9-/m0/s1. The van der Waals surface area contributed by atoms with Crippen LogP contribution < -0.4 is 0 Å². The smallest absolute Gasteiger partial charge is 0.410 e. The molecule has 0 radical (unpaired) electrons. The van der Waals surface area contributed by atoms with Crippen molar-refractivity contribution in [1.82, 2.24) is 4.90 Å². The van der Waals surface area contributed by atoms with Crippen molar-refractivity contribution < 1.29 is 19.1 Å². The molecule has 106 valence electrons. The number of hydrogen-bond acceptors (Lipinski definition) is 5. The molecule has 2 atom stereocenters. The van der Waals surface area contributed by atoms with Crippen molar-refractivity contribution in [1.29, 1.82) is 0 Å². The van der Waals surface area contributed by atoms with Crippen molar-refractivity contribution in [2.45, 2.75) is 45.4 Å². The van der Waals surface area contributed by atoms with Gasteiger partial charge in [-0.15, -0.1) is 0 Å². The molecule has 1 fully saturated rings. The molecule has 1 heterocycles. The summed E-state index contributed by atoms with van der Waals surface area (Å²) in [5, 5.41) is 3.54. The number of esters is 1. The number of carbonyl (C=O) groups excluding carboxylic acids is 2. The van der Waals surface area contributed by atoms with Crippen LogP contribution in [0.2, 0.25) is 0 Å². The molecule has 1 saturated heterocycles. The van der Waals surface area contributed by atoms with Gasteiger partial charge in [0.25, 0.3) is 0 Å². The SMILES string of the molecule is CC(=O)O[C@H]1CN(C(=O)OC(C)(C)C)C[C@@H]1N=[N+]=[N-]. The molecule has 8 heteroatoms. The fourth-order valence-electron chi connectivity index (χ4n) is 1.74. The Morgan fingerprint density at radius 1 is 1.37 bits per heavy atom. The summed E-state index contributed by atoms with van der Waals surface area (Å²) in [6.45, 7) is 6.89. The van der Waals surface area contributed by atoms with Gasteiger partial charge in [-0.25, -0.2) is 4.79 Å². The highest BCUT2D eigenvalue weighted by Crippen LogP contribution is 2.20. The maximum Gasteiger partial charge on any atom is 0.410 e. The number of azide groups is 1. The molecule has 0 aromatic carbocycles. The molecule has 0 N–H and O–H groups in total. The van der Waals surface area contributed by atoms with Crippen molar-refractivity contribution in [2.24, 2.45) is 5.11 Å². The largest absolute Gasteiger partial charge is 0.460 e. The zero-order valence-corrected chi connectivity index (χ0v) is 11.5. The predicted molar refractivity (Wildman–Crippen MR) is 66.3 cm³/mol. The first-order valence-corrected chi connectivity index (χ1v) is 5.92.